The van der Waals surface area contributed by atoms with Gasteiger partial charge in [-0.1, -0.05) is 80.4 Å². The van der Waals surface area contributed by atoms with Gasteiger partial charge in [0.05, 0.1) is 13.2 Å². The Morgan fingerprint density at radius 1 is 0.667 bits per heavy atom. The van der Waals surface area contributed by atoms with Gasteiger partial charge < -0.3 is 4.74 Å². The van der Waals surface area contributed by atoms with Crippen molar-refractivity contribution in [2.24, 2.45) is 0 Å². The Labute approximate surface area is 142 Å². The molecule has 2 aromatic carbocycles. The van der Waals surface area contributed by atoms with Crippen molar-refractivity contribution in [2.45, 2.75) is 0 Å². The normalized spacial score (nSPS) is 11.5. The molecule has 0 amide bonds. The van der Waals surface area contributed by atoms with Crippen molar-refractivity contribution < 1.29 is 4.74 Å². The van der Waals surface area contributed by atoms with Gasteiger partial charge in [0, 0.05) is 8.95 Å². The van der Waals surface area contributed by atoms with Crippen molar-refractivity contribution >= 4 is 44.0 Å². The minimum Gasteiger partial charge on any atom is -0.373 e. The average molecular weight is 408 g/mol. The number of ether oxygens (including phenoxy) is 1. The number of rotatable bonds is 6. The molecule has 0 saturated carbocycles. The Morgan fingerprint density at radius 3 is 1.43 bits per heavy atom. The number of halogens is 2. The molecule has 0 aliphatic heterocycles. The third-order valence-corrected chi connectivity index (χ3v) is 3.85. The lowest BCUT2D eigenvalue weighted by molar-refractivity contribution is 0.195. The summed E-state index contributed by atoms with van der Waals surface area (Å²) < 4.78 is 7.72. The second-order valence-corrected chi connectivity index (χ2v) is 6.28. The van der Waals surface area contributed by atoms with E-state index in [1.165, 1.54) is 11.1 Å². The first kappa shape index (κ1) is 16.2. The Kier molecular flexibility index (Phi) is 6.93. The lowest BCUT2D eigenvalue weighted by Gasteiger charge is -1.97. The third-order valence-electron chi connectivity index (χ3n) is 2.79. The van der Waals surface area contributed by atoms with Gasteiger partial charge in [0.15, 0.2) is 0 Å². The standard InChI is InChI=1S/C18H16Br2O/c19-17-9-5-15(6-10-17)3-1-13-21-14-2-4-16-7-11-18(20)12-8-16/h1-12H,13-14H2. The van der Waals surface area contributed by atoms with Gasteiger partial charge >= 0.3 is 0 Å². The van der Waals surface area contributed by atoms with Gasteiger partial charge in [-0.25, -0.2) is 0 Å². The molecule has 2 rings (SSSR count). The van der Waals surface area contributed by atoms with Crippen LogP contribution in [-0.4, -0.2) is 13.2 Å². The second kappa shape index (κ2) is 8.98. The largest absolute Gasteiger partial charge is 0.373 e. The molecule has 0 bridgehead atoms. The lowest BCUT2D eigenvalue weighted by atomic mass is 10.2. The van der Waals surface area contributed by atoms with Crippen molar-refractivity contribution in [2.75, 3.05) is 13.2 Å². The highest BCUT2D eigenvalue weighted by molar-refractivity contribution is 9.10. The van der Waals surface area contributed by atoms with Gasteiger partial charge in [0.1, 0.15) is 0 Å². The van der Waals surface area contributed by atoms with Crippen LogP contribution in [0, 0.1) is 0 Å². The maximum absolute atomic E-state index is 5.53. The summed E-state index contributed by atoms with van der Waals surface area (Å²) in [7, 11) is 0. The molecule has 21 heavy (non-hydrogen) atoms. The topological polar surface area (TPSA) is 9.23 Å². The summed E-state index contributed by atoms with van der Waals surface area (Å²) in [6.45, 7) is 1.22. The van der Waals surface area contributed by atoms with E-state index in [-0.39, 0.29) is 0 Å². The van der Waals surface area contributed by atoms with Gasteiger partial charge in [-0.05, 0) is 35.4 Å². The first-order chi connectivity index (χ1) is 10.2. The van der Waals surface area contributed by atoms with E-state index in [0.29, 0.717) is 13.2 Å². The molecule has 1 nitrogen and oxygen atoms in total. The van der Waals surface area contributed by atoms with E-state index in [0.717, 1.165) is 8.95 Å². The predicted molar refractivity (Wildman–Crippen MR) is 97.2 cm³/mol. The van der Waals surface area contributed by atoms with Gasteiger partial charge in [0.25, 0.3) is 0 Å². The van der Waals surface area contributed by atoms with Crippen LogP contribution in [0.5, 0.6) is 0 Å². The van der Waals surface area contributed by atoms with Gasteiger partial charge in [-0.15, -0.1) is 0 Å². The molecule has 0 spiro atoms. The van der Waals surface area contributed by atoms with Crippen LogP contribution in [0.15, 0.2) is 69.6 Å². The first-order valence-corrected chi connectivity index (χ1v) is 8.24. The molecule has 0 aliphatic rings. The monoisotopic (exact) mass is 406 g/mol. The molecule has 0 aliphatic carbocycles. The van der Waals surface area contributed by atoms with Crippen molar-refractivity contribution in [3.63, 3.8) is 0 Å². The average Bonchev–Trinajstić information content (AvgIpc) is 2.50. The highest BCUT2D eigenvalue weighted by Crippen LogP contribution is 2.12. The zero-order chi connectivity index (χ0) is 14.9. The fourth-order valence-corrected chi connectivity index (χ4v) is 2.25. The van der Waals surface area contributed by atoms with E-state index in [9.17, 15) is 0 Å². The summed E-state index contributed by atoms with van der Waals surface area (Å²) in [6.07, 6.45) is 8.17. The van der Waals surface area contributed by atoms with Crippen LogP contribution in [0.25, 0.3) is 12.2 Å². The third kappa shape index (κ3) is 6.42. The van der Waals surface area contributed by atoms with Crippen LogP contribution >= 0.6 is 31.9 Å². The molecule has 0 fully saturated rings. The fraction of sp³-hybridized carbons (Fsp3) is 0.111. The van der Waals surface area contributed by atoms with E-state index < -0.39 is 0 Å². The molecule has 2 aromatic rings. The summed E-state index contributed by atoms with van der Waals surface area (Å²) in [6, 6.07) is 16.4. The zero-order valence-electron chi connectivity index (χ0n) is 11.5. The molecular weight excluding hydrogens is 392 g/mol. The summed E-state index contributed by atoms with van der Waals surface area (Å²) in [4.78, 5) is 0. The number of hydrogen-bond donors (Lipinski definition) is 0. The summed E-state index contributed by atoms with van der Waals surface area (Å²) in [5.74, 6) is 0. The SMILES string of the molecule is Brc1ccc(C=CCOCC=Cc2ccc(Br)cc2)cc1. The zero-order valence-corrected chi connectivity index (χ0v) is 14.7. The molecule has 0 aromatic heterocycles. The van der Waals surface area contributed by atoms with Crippen LogP contribution in [0.4, 0.5) is 0 Å². The Bertz CT molecular complexity index is 543. The van der Waals surface area contributed by atoms with Crippen molar-refractivity contribution in [1.82, 2.24) is 0 Å². The smallest absolute Gasteiger partial charge is 0.0655 e. The molecule has 0 atom stereocenters. The van der Waals surface area contributed by atoms with Crippen LogP contribution in [0.1, 0.15) is 11.1 Å². The molecule has 0 unspecified atom stereocenters. The fourth-order valence-electron chi connectivity index (χ4n) is 1.72. The Balaban J connectivity index is 1.67. The van der Waals surface area contributed by atoms with E-state index in [2.05, 4.69) is 68.3 Å². The van der Waals surface area contributed by atoms with Crippen molar-refractivity contribution in [3.05, 3.63) is 80.8 Å². The highest BCUT2D eigenvalue weighted by atomic mass is 79.9. The van der Waals surface area contributed by atoms with Gasteiger partial charge in [-0.3, -0.25) is 0 Å². The Hall–Kier alpha value is -1.16. The molecular formula is C18H16Br2O. The summed E-state index contributed by atoms with van der Waals surface area (Å²) in [5.41, 5.74) is 2.35. The first-order valence-electron chi connectivity index (χ1n) is 6.66. The molecule has 0 heterocycles. The molecule has 0 saturated heterocycles. The quantitative estimate of drug-likeness (QED) is 0.537. The van der Waals surface area contributed by atoms with Gasteiger partial charge in [0.2, 0.25) is 0 Å². The van der Waals surface area contributed by atoms with E-state index in [1.807, 2.05) is 36.4 Å². The Morgan fingerprint density at radius 2 is 1.05 bits per heavy atom. The molecule has 3 heteroatoms. The van der Waals surface area contributed by atoms with E-state index >= 15 is 0 Å². The summed E-state index contributed by atoms with van der Waals surface area (Å²) in [5, 5.41) is 0. The minimum atomic E-state index is 0.612. The number of hydrogen-bond acceptors (Lipinski definition) is 1. The van der Waals surface area contributed by atoms with Crippen molar-refractivity contribution in [3.8, 4) is 0 Å². The van der Waals surface area contributed by atoms with Crippen LogP contribution in [0.2, 0.25) is 0 Å². The van der Waals surface area contributed by atoms with Gasteiger partial charge in [-0.2, -0.15) is 0 Å². The van der Waals surface area contributed by atoms with Crippen LogP contribution in [-0.2, 0) is 4.74 Å². The summed E-state index contributed by atoms with van der Waals surface area (Å²) >= 11 is 6.84. The minimum absolute atomic E-state index is 0.612. The highest BCUT2D eigenvalue weighted by Gasteiger charge is 1.88. The van der Waals surface area contributed by atoms with Crippen molar-refractivity contribution in [1.29, 1.82) is 0 Å². The number of benzene rings is 2. The maximum Gasteiger partial charge on any atom is 0.0655 e. The maximum atomic E-state index is 5.53. The van der Waals surface area contributed by atoms with Crippen LogP contribution < -0.4 is 0 Å². The lowest BCUT2D eigenvalue weighted by Crippen LogP contribution is -1.90. The molecule has 108 valence electrons. The van der Waals surface area contributed by atoms with E-state index in [4.69, 9.17) is 4.74 Å². The molecule has 0 radical (unpaired) electrons. The predicted octanol–water partition coefficient (Wildman–Crippen LogP) is 5.95. The van der Waals surface area contributed by atoms with E-state index in [1.54, 1.807) is 0 Å². The second-order valence-electron chi connectivity index (χ2n) is 4.45. The van der Waals surface area contributed by atoms with Crippen LogP contribution in [0.3, 0.4) is 0 Å². The molecule has 0 N–H and O–H groups in total.